The molecule has 0 amide bonds. The van der Waals surface area contributed by atoms with E-state index in [0.717, 1.165) is 0 Å². The molecule has 0 aliphatic carbocycles. The number of allylic oxidation sites excluding steroid dienone is 1. The first-order valence-corrected chi connectivity index (χ1v) is 4.43. The van der Waals surface area contributed by atoms with Crippen molar-refractivity contribution in [1.29, 1.82) is 0 Å². The van der Waals surface area contributed by atoms with Gasteiger partial charge in [-0.1, -0.05) is 12.1 Å². The predicted octanol–water partition coefficient (Wildman–Crippen LogP) is 2.27. The highest BCUT2D eigenvalue weighted by Gasteiger charge is 2.15. The lowest BCUT2D eigenvalue weighted by atomic mass is 10.2. The van der Waals surface area contributed by atoms with E-state index < -0.39 is 5.83 Å². The van der Waals surface area contributed by atoms with Crippen LogP contribution >= 0.6 is 12.4 Å². The van der Waals surface area contributed by atoms with Crippen LogP contribution in [0.4, 0.5) is 4.39 Å². The zero-order valence-corrected chi connectivity index (χ0v) is 9.77. The summed E-state index contributed by atoms with van der Waals surface area (Å²) in [6.45, 7) is 5.56. The number of halogens is 2. The molecule has 0 saturated heterocycles. The maximum Gasteiger partial charge on any atom is 0.286 e. The topological polar surface area (TPSA) is 64.9 Å². The Morgan fingerprint density at radius 3 is 2.60 bits per heavy atom. The van der Waals surface area contributed by atoms with Crippen molar-refractivity contribution >= 4 is 18.2 Å². The molecule has 6 heteroatoms. The van der Waals surface area contributed by atoms with Gasteiger partial charge in [0.05, 0.1) is 0 Å². The fourth-order valence-electron chi connectivity index (χ4n) is 0.843. The predicted molar refractivity (Wildman–Crippen MR) is 58.4 cm³/mol. The summed E-state index contributed by atoms with van der Waals surface area (Å²) in [5.41, 5.74) is 5.94. The molecule has 0 aliphatic heterocycles. The Balaban J connectivity index is 0.00000196. The van der Waals surface area contributed by atoms with E-state index in [2.05, 4.69) is 10.1 Å². The molecule has 0 radical (unpaired) electrons. The van der Waals surface area contributed by atoms with Gasteiger partial charge < -0.3 is 10.3 Å². The fourth-order valence-corrected chi connectivity index (χ4v) is 0.843. The normalized spacial score (nSPS) is 11.8. The van der Waals surface area contributed by atoms with Gasteiger partial charge in [0.1, 0.15) is 0 Å². The molecule has 1 aromatic rings. The number of aromatic nitrogens is 2. The van der Waals surface area contributed by atoms with Crippen LogP contribution in [-0.4, -0.2) is 16.7 Å². The van der Waals surface area contributed by atoms with Crippen molar-refractivity contribution in [1.82, 2.24) is 10.1 Å². The number of nitrogens with two attached hydrogens (primary N) is 1. The smallest absolute Gasteiger partial charge is 0.286 e. The van der Waals surface area contributed by atoms with E-state index in [1.807, 2.05) is 6.92 Å². The zero-order chi connectivity index (χ0) is 10.7. The Labute approximate surface area is 94.1 Å². The fraction of sp³-hybridized carbons (Fsp3) is 0.556. The third-order valence-corrected chi connectivity index (χ3v) is 1.86. The number of hydrogen-bond acceptors (Lipinski definition) is 4. The second-order valence-electron chi connectivity index (χ2n) is 3.41. The Morgan fingerprint density at radius 1 is 1.53 bits per heavy atom. The highest BCUT2D eigenvalue weighted by Crippen LogP contribution is 2.19. The van der Waals surface area contributed by atoms with Crippen LogP contribution in [0.2, 0.25) is 0 Å². The maximum atomic E-state index is 13.3. The lowest BCUT2D eigenvalue weighted by molar-refractivity contribution is 0.388. The first kappa shape index (κ1) is 14.1. The van der Waals surface area contributed by atoms with Crippen molar-refractivity contribution in [3.63, 3.8) is 0 Å². The SMILES string of the molecule is CC(C)=C(F)c1nc(C(C)CN)no1.Cl. The lowest BCUT2D eigenvalue weighted by Crippen LogP contribution is -2.10. The molecule has 0 aliphatic rings. The van der Waals surface area contributed by atoms with E-state index in [1.54, 1.807) is 13.8 Å². The van der Waals surface area contributed by atoms with Crippen molar-refractivity contribution < 1.29 is 8.91 Å². The molecule has 1 atom stereocenters. The summed E-state index contributed by atoms with van der Waals surface area (Å²) in [5.74, 6) is -0.107. The molecule has 86 valence electrons. The number of nitrogens with zero attached hydrogens (tertiary/aromatic N) is 2. The van der Waals surface area contributed by atoms with Crippen LogP contribution in [0.3, 0.4) is 0 Å². The molecule has 1 aromatic heterocycles. The Bertz CT molecular complexity index is 347. The second-order valence-corrected chi connectivity index (χ2v) is 3.41. The van der Waals surface area contributed by atoms with Gasteiger partial charge in [0, 0.05) is 12.5 Å². The Morgan fingerprint density at radius 2 is 2.13 bits per heavy atom. The van der Waals surface area contributed by atoms with Crippen LogP contribution in [0.25, 0.3) is 5.83 Å². The highest BCUT2D eigenvalue weighted by atomic mass is 35.5. The molecule has 15 heavy (non-hydrogen) atoms. The van der Waals surface area contributed by atoms with Gasteiger partial charge in [0.2, 0.25) is 0 Å². The zero-order valence-electron chi connectivity index (χ0n) is 8.95. The molecule has 1 heterocycles. The van der Waals surface area contributed by atoms with Crippen LogP contribution in [-0.2, 0) is 0 Å². The van der Waals surface area contributed by atoms with Gasteiger partial charge in [-0.05, 0) is 19.4 Å². The van der Waals surface area contributed by atoms with E-state index in [4.69, 9.17) is 10.3 Å². The number of hydrogen-bond donors (Lipinski definition) is 1. The largest absolute Gasteiger partial charge is 0.331 e. The standard InChI is InChI=1S/C9H14FN3O.ClH/c1-5(2)7(10)9-12-8(13-14-9)6(3)4-11;/h6H,4,11H2,1-3H3;1H. The van der Waals surface area contributed by atoms with Gasteiger partial charge >= 0.3 is 0 Å². The molecule has 0 saturated carbocycles. The molecule has 0 aromatic carbocycles. The molecule has 0 fully saturated rings. The van der Waals surface area contributed by atoms with Gasteiger partial charge in [-0.2, -0.15) is 4.98 Å². The van der Waals surface area contributed by atoms with Crippen LogP contribution in [0.15, 0.2) is 10.1 Å². The third-order valence-electron chi connectivity index (χ3n) is 1.86. The van der Waals surface area contributed by atoms with Crippen LogP contribution in [0.5, 0.6) is 0 Å². The third kappa shape index (κ3) is 3.28. The average molecular weight is 236 g/mol. The molecule has 0 spiro atoms. The van der Waals surface area contributed by atoms with E-state index >= 15 is 0 Å². The Kier molecular flexibility index (Phi) is 5.46. The summed E-state index contributed by atoms with van der Waals surface area (Å²) in [4.78, 5) is 3.91. The molecular formula is C9H15ClFN3O. The summed E-state index contributed by atoms with van der Waals surface area (Å²) < 4.78 is 18.1. The maximum absolute atomic E-state index is 13.3. The molecule has 1 unspecified atom stereocenters. The molecule has 0 bridgehead atoms. The lowest BCUT2D eigenvalue weighted by Gasteiger charge is -1.98. The minimum Gasteiger partial charge on any atom is -0.331 e. The molecular weight excluding hydrogens is 221 g/mol. The van der Waals surface area contributed by atoms with Crippen LogP contribution in [0, 0.1) is 0 Å². The highest BCUT2D eigenvalue weighted by molar-refractivity contribution is 5.85. The first-order chi connectivity index (χ1) is 6.56. The first-order valence-electron chi connectivity index (χ1n) is 4.43. The summed E-state index contributed by atoms with van der Waals surface area (Å²) in [5, 5.41) is 3.65. The van der Waals surface area contributed by atoms with Crippen molar-refractivity contribution in [2.24, 2.45) is 5.73 Å². The van der Waals surface area contributed by atoms with Gasteiger partial charge in [0.25, 0.3) is 5.89 Å². The quantitative estimate of drug-likeness (QED) is 0.873. The van der Waals surface area contributed by atoms with Crippen molar-refractivity contribution in [3.05, 3.63) is 17.3 Å². The minimum atomic E-state index is -0.465. The minimum absolute atomic E-state index is 0. The Hall–Kier alpha value is -0.940. The average Bonchev–Trinajstić information content (AvgIpc) is 2.64. The van der Waals surface area contributed by atoms with Crippen LogP contribution in [0.1, 0.15) is 38.4 Å². The summed E-state index contributed by atoms with van der Waals surface area (Å²) in [6.07, 6.45) is 0. The summed E-state index contributed by atoms with van der Waals surface area (Å²) >= 11 is 0. The van der Waals surface area contributed by atoms with Crippen molar-refractivity contribution in [3.8, 4) is 0 Å². The van der Waals surface area contributed by atoms with Gasteiger partial charge in [-0.15, -0.1) is 12.4 Å². The molecule has 2 N–H and O–H groups in total. The van der Waals surface area contributed by atoms with Crippen LogP contribution < -0.4 is 5.73 Å². The second kappa shape index (κ2) is 5.82. The van der Waals surface area contributed by atoms with E-state index in [9.17, 15) is 4.39 Å². The summed E-state index contributed by atoms with van der Waals surface area (Å²) in [6, 6.07) is 0. The van der Waals surface area contributed by atoms with E-state index in [-0.39, 0.29) is 24.2 Å². The van der Waals surface area contributed by atoms with Gasteiger partial charge in [0.15, 0.2) is 11.7 Å². The summed E-state index contributed by atoms with van der Waals surface area (Å²) in [7, 11) is 0. The van der Waals surface area contributed by atoms with Crippen molar-refractivity contribution in [2.45, 2.75) is 26.7 Å². The molecule has 4 nitrogen and oxygen atoms in total. The van der Waals surface area contributed by atoms with Gasteiger partial charge in [-0.25, -0.2) is 4.39 Å². The van der Waals surface area contributed by atoms with E-state index in [1.165, 1.54) is 0 Å². The van der Waals surface area contributed by atoms with E-state index in [0.29, 0.717) is 17.9 Å². The monoisotopic (exact) mass is 235 g/mol. The molecule has 1 rings (SSSR count). The van der Waals surface area contributed by atoms with Gasteiger partial charge in [-0.3, -0.25) is 0 Å². The number of rotatable bonds is 3. The van der Waals surface area contributed by atoms with Crippen molar-refractivity contribution in [2.75, 3.05) is 6.54 Å².